The Morgan fingerprint density at radius 3 is 2.33 bits per heavy atom. The molecule has 2 rings (SSSR count). The molecule has 15 heavy (non-hydrogen) atoms. The minimum absolute atomic E-state index is 0.0618. The van der Waals surface area contributed by atoms with E-state index in [1.54, 1.807) is 0 Å². The third-order valence-electron chi connectivity index (χ3n) is 3.94. The van der Waals surface area contributed by atoms with Crippen LogP contribution in [0.25, 0.3) is 0 Å². The second-order valence-corrected chi connectivity index (χ2v) is 5.22. The molecule has 0 bridgehead atoms. The fraction of sp³-hybridized carbons (Fsp3) is 0.909. The predicted octanol–water partition coefficient (Wildman–Crippen LogP) is 0.147. The van der Waals surface area contributed by atoms with Gasteiger partial charge in [-0.15, -0.1) is 0 Å². The van der Waals surface area contributed by atoms with Crippen molar-refractivity contribution in [3.05, 3.63) is 0 Å². The standard InChI is InChI=1S/C11H20N2O2/c12-7-10(2-1-3-10)6-9(15)13-11(8-14)4-5-11/h14H,1-8,12H2,(H,13,15). The number of carbonyl (C=O) groups is 1. The van der Waals surface area contributed by atoms with E-state index in [4.69, 9.17) is 10.8 Å². The molecule has 2 fully saturated rings. The van der Waals surface area contributed by atoms with Crippen LogP contribution in [0.4, 0.5) is 0 Å². The lowest BCUT2D eigenvalue weighted by Gasteiger charge is -2.40. The molecule has 0 heterocycles. The monoisotopic (exact) mass is 212 g/mol. The zero-order valence-corrected chi connectivity index (χ0v) is 9.09. The second kappa shape index (κ2) is 3.76. The molecule has 2 aliphatic carbocycles. The molecule has 0 unspecified atom stereocenters. The second-order valence-electron chi connectivity index (χ2n) is 5.22. The van der Waals surface area contributed by atoms with Crippen LogP contribution in [0.2, 0.25) is 0 Å². The number of nitrogens with two attached hydrogens (primary N) is 1. The lowest BCUT2D eigenvalue weighted by Crippen LogP contribution is -2.46. The lowest BCUT2D eigenvalue weighted by atomic mass is 9.66. The van der Waals surface area contributed by atoms with Gasteiger partial charge in [0, 0.05) is 6.42 Å². The van der Waals surface area contributed by atoms with Crippen molar-refractivity contribution in [3.8, 4) is 0 Å². The molecule has 0 aromatic carbocycles. The summed E-state index contributed by atoms with van der Waals surface area (Å²) in [5, 5.41) is 12.0. The predicted molar refractivity (Wildman–Crippen MR) is 57.1 cm³/mol. The maximum atomic E-state index is 11.7. The van der Waals surface area contributed by atoms with E-state index in [2.05, 4.69) is 5.32 Å². The summed E-state index contributed by atoms with van der Waals surface area (Å²) in [5.41, 5.74) is 5.48. The molecule has 0 aliphatic heterocycles. The topological polar surface area (TPSA) is 75.4 Å². The number of hydrogen-bond donors (Lipinski definition) is 3. The summed E-state index contributed by atoms with van der Waals surface area (Å²) in [5.74, 6) is 0.0618. The minimum Gasteiger partial charge on any atom is -0.394 e. The van der Waals surface area contributed by atoms with Crippen LogP contribution in [0.3, 0.4) is 0 Å². The number of nitrogens with one attached hydrogen (secondary N) is 1. The van der Waals surface area contributed by atoms with E-state index in [9.17, 15) is 4.79 Å². The van der Waals surface area contributed by atoms with Gasteiger partial charge in [0.15, 0.2) is 0 Å². The molecule has 0 radical (unpaired) electrons. The summed E-state index contributed by atoms with van der Waals surface area (Å²) >= 11 is 0. The molecule has 0 spiro atoms. The number of aliphatic hydroxyl groups excluding tert-OH is 1. The van der Waals surface area contributed by atoms with E-state index in [0.717, 1.165) is 25.7 Å². The highest BCUT2D eigenvalue weighted by atomic mass is 16.3. The summed E-state index contributed by atoms with van der Waals surface area (Å²) < 4.78 is 0. The summed E-state index contributed by atoms with van der Waals surface area (Å²) in [6.07, 6.45) is 5.68. The van der Waals surface area contributed by atoms with Crippen molar-refractivity contribution >= 4 is 5.91 Å². The average molecular weight is 212 g/mol. The molecule has 4 N–H and O–H groups in total. The van der Waals surface area contributed by atoms with Crippen molar-refractivity contribution in [1.29, 1.82) is 0 Å². The van der Waals surface area contributed by atoms with E-state index < -0.39 is 0 Å². The number of rotatable bonds is 5. The normalized spacial score (nSPS) is 25.5. The van der Waals surface area contributed by atoms with Crippen LogP contribution in [0.5, 0.6) is 0 Å². The molecule has 4 nitrogen and oxygen atoms in total. The highest BCUT2D eigenvalue weighted by Crippen LogP contribution is 2.43. The van der Waals surface area contributed by atoms with Crippen LogP contribution >= 0.6 is 0 Å². The van der Waals surface area contributed by atoms with Crippen molar-refractivity contribution in [2.45, 2.75) is 44.1 Å². The van der Waals surface area contributed by atoms with Gasteiger partial charge in [0.2, 0.25) is 5.91 Å². The van der Waals surface area contributed by atoms with Gasteiger partial charge in [-0.1, -0.05) is 6.42 Å². The Morgan fingerprint density at radius 2 is 2.00 bits per heavy atom. The molecular formula is C11H20N2O2. The Balaban J connectivity index is 1.82. The van der Waals surface area contributed by atoms with Gasteiger partial charge in [0.1, 0.15) is 0 Å². The smallest absolute Gasteiger partial charge is 0.221 e. The van der Waals surface area contributed by atoms with Gasteiger partial charge in [-0.05, 0) is 37.6 Å². The Hall–Kier alpha value is -0.610. The third-order valence-corrected chi connectivity index (χ3v) is 3.94. The molecule has 0 atom stereocenters. The van der Waals surface area contributed by atoms with Crippen LogP contribution in [-0.2, 0) is 4.79 Å². The molecule has 2 aliphatic rings. The lowest BCUT2D eigenvalue weighted by molar-refractivity contribution is -0.126. The Morgan fingerprint density at radius 1 is 1.33 bits per heavy atom. The zero-order valence-electron chi connectivity index (χ0n) is 9.09. The van der Waals surface area contributed by atoms with Crippen molar-refractivity contribution in [2.75, 3.05) is 13.2 Å². The first-order chi connectivity index (χ1) is 7.14. The van der Waals surface area contributed by atoms with Crippen LogP contribution < -0.4 is 11.1 Å². The molecule has 86 valence electrons. The maximum absolute atomic E-state index is 11.7. The van der Waals surface area contributed by atoms with Crippen LogP contribution in [-0.4, -0.2) is 29.7 Å². The third kappa shape index (κ3) is 2.16. The van der Waals surface area contributed by atoms with Gasteiger partial charge in [0.05, 0.1) is 12.1 Å². The first kappa shape index (κ1) is 10.9. The molecule has 2 saturated carbocycles. The van der Waals surface area contributed by atoms with Crippen LogP contribution in [0.1, 0.15) is 38.5 Å². The largest absolute Gasteiger partial charge is 0.394 e. The first-order valence-electron chi connectivity index (χ1n) is 5.76. The molecule has 0 saturated heterocycles. The van der Waals surface area contributed by atoms with Crippen LogP contribution in [0, 0.1) is 5.41 Å². The minimum atomic E-state index is -0.281. The highest BCUT2D eigenvalue weighted by Gasteiger charge is 2.45. The van der Waals surface area contributed by atoms with Gasteiger partial charge >= 0.3 is 0 Å². The van der Waals surface area contributed by atoms with Crippen molar-refractivity contribution in [3.63, 3.8) is 0 Å². The van der Waals surface area contributed by atoms with Crippen molar-refractivity contribution in [2.24, 2.45) is 11.1 Å². The van der Waals surface area contributed by atoms with E-state index >= 15 is 0 Å². The van der Waals surface area contributed by atoms with E-state index in [0.29, 0.717) is 13.0 Å². The molecule has 4 heteroatoms. The number of amides is 1. The van der Waals surface area contributed by atoms with Gasteiger partial charge in [-0.25, -0.2) is 0 Å². The SMILES string of the molecule is NCC1(CC(=O)NC2(CO)CC2)CCC1. The quantitative estimate of drug-likeness (QED) is 0.607. The Labute approximate surface area is 90.2 Å². The summed E-state index contributed by atoms with van der Waals surface area (Å²) in [6.45, 7) is 0.668. The Bertz CT molecular complexity index is 252. The fourth-order valence-corrected chi connectivity index (χ4v) is 2.28. The van der Waals surface area contributed by atoms with E-state index in [1.165, 1.54) is 6.42 Å². The highest BCUT2D eigenvalue weighted by molar-refractivity contribution is 5.78. The molecule has 0 aromatic rings. The maximum Gasteiger partial charge on any atom is 0.221 e. The number of carbonyl (C=O) groups excluding carboxylic acids is 1. The Kier molecular flexibility index (Phi) is 2.73. The van der Waals surface area contributed by atoms with Gasteiger partial charge in [-0.3, -0.25) is 4.79 Å². The fourth-order valence-electron chi connectivity index (χ4n) is 2.28. The summed E-state index contributed by atoms with van der Waals surface area (Å²) in [4.78, 5) is 11.7. The molecule has 0 aromatic heterocycles. The van der Waals surface area contributed by atoms with Crippen molar-refractivity contribution < 1.29 is 9.90 Å². The van der Waals surface area contributed by atoms with Gasteiger partial charge < -0.3 is 16.2 Å². The van der Waals surface area contributed by atoms with Gasteiger partial charge in [-0.2, -0.15) is 0 Å². The number of hydrogen-bond acceptors (Lipinski definition) is 3. The van der Waals surface area contributed by atoms with Gasteiger partial charge in [0.25, 0.3) is 0 Å². The number of aliphatic hydroxyl groups is 1. The van der Waals surface area contributed by atoms with E-state index in [1.807, 2.05) is 0 Å². The first-order valence-corrected chi connectivity index (χ1v) is 5.76. The molecular weight excluding hydrogens is 192 g/mol. The zero-order chi connectivity index (χ0) is 10.9. The summed E-state index contributed by atoms with van der Waals surface area (Å²) in [7, 11) is 0. The van der Waals surface area contributed by atoms with Crippen molar-refractivity contribution in [1.82, 2.24) is 5.32 Å². The summed E-state index contributed by atoms with van der Waals surface area (Å²) in [6, 6.07) is 0. The molecule has 1 amide bonds. The average Bonchev–Trinajstić information content (AvgIpc) is 2.92. The van der Waals surface area contributed by atoms with E-state index in [-0.39, 0.29) is 23.5 Å². The van der Waals surface area contributed by atoms with Crippen LogP contribution in [0.15, 0.2) is 0 Å².